The van der Waals surface area contributed by atoms with E-state index in [2.05, 4.69) is 0 Å². The molecule has 3 rings (SSSR count). The van der Waals surface area contributed by atoms with Crippen LogP contribution in [0.2, 0.25) is 10.0 Å². The molecule has 4 nitrogen and oxygen atoms in total. The van der Waals surface area contributed by atoms with Gasteiger partial charge in [0.25, 0.3) is 0 Å². The van der Waals surface area contributed by atoms with Gasteiger partial charge in [0.2, 0.25) is 0 Å². The monoisotopic (exact) mass is 447 g/mol. The van der Waals surface area contributed by atoms with Crippen molar-refractivity contribution in [1.29, 1.82) is 0 Å². The van der Waals surface area contributed by atoms with Crippen LogP contribution in [-0.4, -0.2) is 13.1 Å². The molecule has 0 aliphatic rings. The molecule has 0 aromatic heterocycles. The van der Waals surface area contributed by atoms with E-state index in [1.165, 1.54) is 18.9 Å². The van der Waals surface area contributed by atoms with Gasteiger partial charge in [0.05, 0.1) is 17.8 Å². The van der Waals surface area contributed by atoms with Gasteiger partial charge < -0.3 is 15.2 Å². The van der Waals surface area contributed by atoms with Crippen LogP contribution in [0.15, 0.2) is 71.6 Å². The summed E-state index contributed by atoms with van der Waals surface area (Å²) in [5.74, 6) is 0.353. The number of hydrogen-bond donors (Lipinski definition) is 1. The number of ether oxygens (including phenoxy) is 2. The summed E-state index contributed by atoms with van der Waals surface area (Å²) < 4.78 is 10.8. The maximum absolute atomic E-state index is 12.2. The first-order valence-electron chi connectivity index (χ1n) is 8.74. The fraction of sp³-hybridized carbons (Fsp3) is 0.136. The second-order valence-corrected chi connectivity index (χ2v) is 8.08. The highest BCUT2D eigenvalue weighted by atomic mass is 35.5. The molecule has 7 heteroatoms. The van der Waals surface area contributed by atoms with Crippen LogP contribution in [0.4, 0.5) is 5.69 Å². The topological polar surface area (TPSA) is 61.5 Å². The number of thioether (sulfide) groups is 1. The van der Waals surface area contributed by atoms with Crippen molar-refractivity contribution in [3.05, 3.63) is 87.9 Å². The van der Waals surface area contributed by atoms with Gasteiger partial charge in [-0.3, -0.25) is 4.79 Å². The summed E-state index contributed by atoms with van der Waals surface area (Å²) in [6, 6.07) is 20.3. The standard InChI is InChI=1S/C22H19Cl2NO3S/c1-27-22(26)21(14-5-3-2-4-6-14)29-16-9-7-15(8-10-16)28-13-17-18(23)11-12-19(25)20(17)24/h2-12,21H,13,25H2,1H3. The molecule has 1 atom stereocenters. The maximum Gasteiger partial charge on any atom is 0.323 e. The lowest BCUT2D eigenvalue weighted by atomic mass is 10.1. The molecule has 29 heavy (non-hydrogen) atoms. The number of nitrogens with two attached hydrogens (primary N) is 1. The van der Waals surface area contributed by atoms with Gasteiger partial charge in [0.15, 0.2) is 0 Å². The van der Waals surface area contributed by atoms with Crippen LogP contribution < -0.4 is 10.5 Å². The first-order chi connectivity index (χ1) is 14.0. The molecule has 0 saturated carbocycles. The molecule has 0 aliphatic heterocycles. The Morgan fingerprint density at radius 1 is 1.03 bits per heavy atom. The number of rotatable bonds is 7. The highest BCUT2D eigenvalue weighted by Gasteiger charge is 2.22. The molecule has 0 saturated heterocycles. The third-order valence-electron chi connectivity index (χ3n) is 4.19. The molecular weight excluding hydrogens is 429 g/mol. The lowest BCUT2D eigenvalue weighted by molar-refractivity contribution is -0.140. The van der Waals surface area contributed by atoms with E-state index in [-0.39, 0.29) is 12.6 Å². The van der Waals surface area contributed by atoms with Crippen molar-refractivity contribution in [2.24, 2.45) is 0 Å². The molecule has 1 unspecified atom stereocenters. The van der Waals surface area contributed by atoms with E-state index in [9.17, 15) is 4.79 Å². The molecule has 0 radical (unpaired) electrons. The summed E-state index contributed by atoms with van der Waals surface area (Å²) in [6.07, 6.45) is 0. The Morgan fingerprint density at radius 3 is 2.38 bits per heavy atom. The van der Waals surface area contributed by atoms with Gasteiger partial charge in [-0.15, -0.1) is 11.8 Å². The molecule has 0 fully saturated rings. The number of esters is 1. The van der Waals surface area contributed by atoms with Gasteiger partial charge >= 0.3 is 5.97 Å². The number of methoxy groups -OCH3 is 1. The van der Waals surface area contributed by atoms with E-state index in [1.54, 1.807) is 12.1 Å². The van der Waals surface area contributed by atoms with Crippen molar-refractivity contribution in [3.63, 3.8) is 0 Å². The minimum atomic E-state index is -0.446. The minimum absolute atomic E-state index is 0.198. The second-order valence-electron chi connectivity index (χ2n) is 6.12. The van der Waals surface area contributed by atoms with Crippen molar-refractivity contribution < 1.29 is 14.3 Å². The van der Waals surface area contributed by atoms with Gasteiger partial charge in [-0.25, -0.2) is 0 Å². The quantitative estimate of drug-likeness (QED) is 0.266. The molecule has 0 amide bonds. The first kappa shape index (κ1) is 21.4. The van der Waals surface area contributed by atoms with Crippen molar-refractivity contribution in [2.75, 3.05) is 12.8 Å². The van der Waals surface area contributed by atoms with Crippen LogP contribution in [0.3, 0.4) is 0 Å². The zero-order chi connectivity index (χ0) is 20.8. The predicted molar refractivity (Wildman–Crippen MR) is 119 cm³/mol. The van der Waals surface area contributed by atoms with E-state index >= 15 is 0 Å². The van der Waals surface area contributed by atoms with Crippen LogP contribution in [0.25, 0.3) is 0 Å². The fourth-order valence-electron chi connectivity index (χ4n) is 2.64. The fourth-order valence-corrected chi connectivity index (χ4v) is 4.17. The average molecular weight is 448 g/mol. The maximum atomic E-state index is 12.2. The minimum Gasteiger partial charge on any atom is -0.489 e. The Labute approximate surface area is 183 Å². The molecule has 0 spiro atoms. The third-order valence-corrected chi connectivity index (χ3v) is 6.24. The Hall–Kier alpha value is -2.34. The number of carbonyl (C=O) groups is 1. The highest BCUT2D eigenvalue weighted by Crippen LogP contribution is 2.37. The molecule has 3 aromatic carbocycles. The van der Waals surface area contributed by atoms with Gasteiger partial charge in [-0.2, -0.15) is 0 Å². The average Bonchev–Trinajstić information content (AvgIpc) is 2.75. The Kier molecular flexibility index (Phi) is 7.31. The van der Waals surface area contributed by atoms with Crippen molar-refractivity contribution in [1.82, 2.24) is 0 Å². The number of hydrogen-bond acceptors (Lipinski definition) is 5. The smallest absolute Gasteiger partial charge is 0.323 e. The number of anilines is 1. The van der Waals surface area contributed by atoms with Crippen LogP contribution in [0, 0.1) is 0 Å². The lowest BCUT2D eigenvalue weighted by Gasteiger charge is -2.15. The SMILES string of the molecule is COC(=O)C(Sc1ccc(OCc2c(Cl)ccc(N)c2Cl)cc1)c1ccccc1. The summed E-state index contributed by atoms with van der Waals surface area (Å²) >= 11 is 13.8. The molecule has 0 heterocycles. The Morgan fingerprint density at radius 2 is 1.72 bits per heavy atom. The van der Waals surface area contributed by atoms with Crippen LogP contribution in [-0.2, 0) is 16.1 Å². The van der Waals surface area contributed by atoms with Gasteiger partial charge in [-0.1, -0.05) is 53.5 Å². The van der Waals surface area contributed by atoms with E-state index in [4.69, 9.17) is 38.4 Å². The number of benzene rings is 3. The van der Waals surface area contributed by atoms with Crippen LogP contribution in [0.5, 0.6) is 5.75 Å². The highest BCUT2D eigenvalue weighted by molar-refractivity contribution is 8.00. The molecule has 3 aromatic rings. The van der Waals surface area contributed by atoms with Crippen LogP contribution >= 0.6 is 35.0 Å². The number of halogens is 2. The molecular formula is C22H19Cl2NO3S. The predicted octanol–water partition coefficient (Wildman–Crippen LogP) is 6.16. The lowest BCUT2D eigenvalue weighted by Crippen LogP contribution is -2.11. The zero-order valence-electron chi connectivity index (χ0n) is 15.6. The van der Waals surface area contributed by atoms with E-state index in [1.807, 2.05) is 54.6 Å². The molecule has 0 aliphatic carbocycles. The summed E-state index contributed by atoms with van der Waals surface area (Å²) in [5, 5.41) is 0.450. The van der Waals surface area contributed by atoms with Crippen LogP contribution in [0.1, 0.15) is 16.4 Å². The summed E-state index contributed by atoms with van der Waals surface area (Å²) in [7, 11) is 1.39. The largest absolute Gasteiger partial charge is 0.489 e. The van der Waals surface area contributed by atoms with E-state index < -0.39 is 5.25 Å². The normalized spacial score (nSPS) is 11.7. The van der Waals surface area contributed by atoms with Crippen molar-refractivity contribution >= 4 is 46.6 Å². The molecule has 150 valence electrons. The number of nitrogen functional groups attached to an aromatic ring is 1. The van der Waals surface area contributed by atoms with E-state index in [0.717, 1.165) is 10.5 Å². The molecule has 0 bridgehead atoms. The second kappa shape index (κ2) is 9.92. The third kappa shape index (κ3) is 5.38. The summed E-state index contributed by atoms with van der Waals surface area (Å²) in [4.78, 5) is 13.1. The van der Waals surface area contributed by atoms with Gasteiger partial charge in [0, 0.05) is 15.5 Å². The molecule has 2 N–H and O–H groups in total. The van der Waals surface area contributed by atoms with E-state index in [0.29, 0.717) is 27.0 Å². The first-order valence-corrected chi connectivity index (χ1v) is 10.4. The summed E-state index contributed by atoms with van der Waals surface area (Å²) in [5.41, 5.74) is 7.80. The number of carbonyl (C=O) groups excluding carboxylic acids is 1. The Bertz CT molecular complexity index is 981. The van der Waals surface area contributed by atoms with Crippen molar-refractivity contribution in [3.8, 4) is 5.75 Å². The zero-order valence-corrected chi connectivity index (χ0v) is 17.9. The van der Waals surface area contributed by atoms with Crippen molar-refractivity contribution in [2.45, 2.75) is 16.8 Å². The summed E-state index contributed by atoms with van der Waals surface area (Å²) in [6.45, 7) is 0.198. The Balaban J connectivity index is 1.70. The van der Waals surface area contributed by atoms with Gasteiger partial charge in [0.1, 0.15) is 17.6 Å². The van der Waals surface area contributed by atoms with Gasteiger partial charge in [-0.05, 0) is 42.0 Å².